The zero-order valence-corrected chi connectivity index (χ0v) is 14.2. The molecule has 0 aliphatic rings. The summed E-state index contributed by atoms with van der Waals surface area (Å²) in [5.74, 6) is 0.232. The van der Waals surface area contributed by atoms with E-state index in [2.05, 4.69) is 15.5 Å². The van der Waals surface area contributed by atoms with Crippen LogP contribution in [0.15, 0.2) is 53.1 Å². The van der Waals surface area contributed by atoms with Gasteiger partial charge < -0.3 is 14.6 Å². The summed E-state index contributed by atoms with van der Waals surface area (Å²) in [5, 5.41) is 6.73. The molecule has 0 spiro atoms. The normalized spacial score (nSPS) is 10.7. The van der Waals surface area contributed by atoms with Gasteiger partial charge in [-0.3, -0.25) is 4.79 Å². The standard InChI is InChI=1S/C19H18FN3O3/c1-25-12-2-11-21-18(24)14-3-5-15(6-4-14)19-22-17(23-26-19)13-7-9-16(20)10-8-13/h3-10H,2,11-12H2,1H3,(H,21,24). The van der Waals surface area contributed by atoms with Crippen molar-refractivity contribution in [2.75, 3.05) is 20.3 Å². The summed E-state index contributed by atoms with van der Waals surface area (Å²) in [7, 11) is 1.62. The quantitative estimate of drug-likeness (QED) is 0.658. The summed E-state index contributed by atoms with van der Waals surface area (Å²) in [5.41, 5.74) is 1.90. The SMILES string of the molecule is COCCCNC(=O)c1ccc(-c2nc(-c3ccc(F)cc3)no2)cc1. The molecule has 26 heavy (non-hydrogen) atoms. The molecule has 0 saturated carbocycles. The highest BCUT2D eigenvalue weighted by Gasteiger charge is 2.12. The van der Waals surface area contributed by atoms with Gasteiger partial charge in [-0.15, -0.1) is 0 Å². The van der Waals surface area contributed by atoms with Gasteiger partial charge in [-0.25, -0.2) is 4.39 Å². The van der Waals surface area contributed by atoms with Crippen molar-refractivity contribution in [3.8, 4) is 22.8 Å². The van der Waals surface area contributed by atoms with Crippen LogP contribution in [0.4, 0.5) is 4.39 Å². The summed E-state index contributed by atoms with van der Waals surface area (Å²) in [4.78, 5) is 16.3. The van der Waals surface area contributed by atoms with Crippen molar-refractivity contribution in [2.24, 2.45) is 0 Å². The van der Waals surface area contributed by atoms with Gasteiger partial charge >= 0.3 is 0 Å². The van der Waals surface area contributed by atoms with Gasteiger partial charge in [-0.2, -0.15) is 4.98 Å². The Hall–Kier alpha value is -3.06. The molecule has 0 bridgehead atoms. The van der Waals surface area contributed by atoms with Gasteiger partial charge in [0.25, 0.3) is 11.8 Å². The lowest BCUT2D eigenvalue weighted by molar-refractivity contribution is 0.0948. The number of hydrogen-bond acceptors (Lipinski definition) is 5. The van der Waals surface area contributed by atoms with E-state index in [1.807, 2.05) is 0 Å². The van der Waals surface area contributed by atoms with E-state index in [9.17, 15) is 9.18 Å². The Morgan fingerprint density at radius 1 is 1.12 bits per heavy atom. The zero-order chi connectivity index (χ0) is 18.4. The summed E-state index contributed by atoms with van der Waals surface area (Å²) in [6.07, 6.45) is 0.758. The fraction of sp³-hybridized carbons (Fsp3) is 0.211. The Labute approximate surface area is 150 Å². The minimum atomic E-state index is -0.325. The van der Waals surface area contributed by atoms with Crippen LogP contribution in [0, 0.1) is 5.82 Å². The third-order valence-electron chi connectivity index (χ3n) is 3.73. The number of carbonyl (C=O) groups excluding carboxylic acids is 1. The Balaban J connectivity index is 1.67. The summed E-state index contributed by atoms with van der Waals surface area (Å²) >= 11 is 0. The Morgan fingerprint density at radius 2 is 1.81 bits per heavy atom. The second-order valence-electron chi connectivity index (χ2n) is 5.61. The van der Waals surface area contributed by atoms with Crippen molar-refractivity contribution in [3.05, 3.63) is 59.9 Å². The Kier molecular flexibility index (Phi) is 5.70. The van der Waals surface area contributed by atoms with Gasteiger partial charge in [0.15, 0.2) is 0 Å². The Bertz CT molecular complexity index is 860. The first-order chi connectivity index (χ1) is 12.7. The number of methoxy groups -OCH3 is 1. The molecule has 3 rings (SSSR count). The number of benzene rings is 2. The maximum absolute atomic E-state index is 13.0. The van der Waals surface area contributed by atoms with Gasteiger partial charge in [0.05, 0.1) is 0 Å². The molecule has 134 valence electrons. The number of rotatable bonds is 7. The van der Waals surface area contributed by atoms with Crippen molar-refractivity contribution in [1.29, 1.82) is 0 Å². The lowest BCUT2D eigenvalue weighted by atomic mass is 10.1. The van der Waals surface area contributed by atoms with Crippen LogP contribution < -0.4 is 5.32 Å². The Morgan fingerprint density at radius 3 is 2.50 bits per heavy atom. The highest BCUT2D eigenvalue weighted by Crippen LogP contribution is 2.22. The second kappa shape index (κ2) is 8.35. The fourth-order valence-electron chi connectivity index (χ4n) is 2.34. The van der Waals surface area contributed by atoms with Crippen molar-refractivity contribution >= 4 is 5.91 Å². The predicted octanol–water partition coefficient (Wildman–Crippen LogP) is 3.31. The molecule has 0 fully saturated rings. The molecular weight excluding hydrogens is 337 g/mol. The van der Waals surface area contributed by atoms with Crippen LogP contribution in [-0.2, 0) is 4.74 Å². The average molecular weight is 355 g/mol. The number of amides is 1. The molecule has 6 nitrogen and oxygen atoms in total. The number of ether oxygens (including phenoxy) is 1. The molecule has 1 aromatic heterocycles. The van der Waals surface area contributed by atoms with Crippen molar-refractivity contribution in [1.82, 2.24) is 15.5 Å². The lowest BCUT2D eigenvalue weighted by Gasteiger charge is -2.05. The largest absolute Gasteiger partial charge is 0.385 e. The van der Waals surface area contributed by atoms with Crippen LogP contribution in [0.1, 0.15) is 16.8 Å². The van der Waals surface area contributed by atoms with E-state index in [1.54, 1.807) is 43.5 Å². The third-order valence-corrected chi connectivity index (χ3v) is 3.73. The molecule has 0 unspecified atom stereocenters. The van der Waals surface area contributed by atoms with E-state index < -0.39 is 0 Å². The van der Waals surface area contributed by atoms with E-state index in [-0.39, 0.29) is 11.7 Å². The van der Waals surface area contributed by atoms with E-state index in [0.717, 1.165) is 6.42 Å². The maximum Gasteiger partial charge on any atom is 0.258 e. The van der Waals surface area contributed by atoms with Gasteiger partial charge in [0.2, 0.25) is 5.82 Å². The molecule has 3 aromatic rings. The van der Waals surface area contributed by atoms with Crippen LogP contribution >= 0.6 is 0 Å². The lowest BCUT2D eigenvalue weighted by Crippen LogP contribution is -2.25. The molecule has 1 heterocycles. The minimum Gasteiger partial charge on any atom is -0.385 e. The number of carbonyl (C=O) groups is 1. The summed E-state index contributed by atoms with van der Waals surface area (Å²) < 4.78 is 23.2. The summed E-state index contributed by atoms with van der Waals surface area (Å²) in [6, 6.07) is 12.7. The van der Waals surface area contributed by atoms with Gasteiger partial charge in [0.1, 0.15) is 5.82 Å². The first-order valence-corrected chi connectivity index (χ1v) is 8.14. The van der Waals surface area contributed by atoms with Crippen molar-refractivity contribution in [2.45, 2.75) is 6.42 Å². The molecule has 0 aliphatic carbocycles. The van der Waals surface area contributed by atoms with Gasteiger partial charge in [-0.1, -0.05) is 5.16 Å². The molecule has 0 atom stereocenters. The number of halogens is 1. The minimum absolute atomic E-state index is 0.148. The molecule has 1 N–H and O–H groups in total. The van der Waals surface area contributed by atoms with E-state index in [4.69, 9.17) is 9.26 Å². The van der Waals surface area contributed by atoms with Crippen LogP contribution in [0.5, 0.6) is 0 Å². The third kappa shape index (κ3) is 4.31. The zero-order valence-electron chi connectivity index (χ0n) is 14.2. The second-order valence-corrected chi connectivity index (χ2v) is 5.61. The molecule has 7 heteroatoms. The molecule has 1 amide bonds. The number of hydrogen-bond donors (Lipinski definition) is 1. The highest BCUT2D eigenvalue weighted by molar-refractivity contribution is 5.94. The fourth-order valence-corrected chi connectivity index (χ4v) is 2.34. The average Bonchev–Trinajstić information content (AvgIpc) is 3.16. The van der Waals surface area contributed by atoms with Gasteiger partial charge in [-0.05, 0) is 55.0 Å². The first kappa shape index (κ1) is 17.8. The predicted molar refractivity (Wildman–Crippen MR) is 94.0 cm³/mol. The molecule has 2 aromatic carbocycles. The molecular formula is C19H18FN3O3. The number of nitrogens with zero attached hydrogens (tertiary/aromatic N) is 2. The number of aromatic nitrogens is 2. The smallest absolute Gasteiger partial charge is 0.258 e. The van der Waals surface area contributed by atoms with Crippen LogP contribution in [0.25, 0.3) is 22.8 Å². The maximum atomic E-state index is 13.0. The van der Waals surface area contributed by atoms with E-state index in [0.29, 0.717) is 41.6 Å². The molecule has 0 radical (unpaired) electrons. The highest BCUT2D eigenvalue weighted by atomic mass is 19.1. The van der Waals surface area contributed by atoms with E-state index >= 15 is 0 Å². The van der Waals surface area contributed by atoms with Crippen LogP contribution in [0.3, 0.4) is 0 Å². The van der Waals surface area contributed by atoms with Gasteiger partial charge in [0, 0.05) is 37.0 Å². The van der Waals surface area contributed by atoms with Crippen molar-refractivity contribution in [3.63, 3.8) is 0 Å². The summed E-state index contributed by atoms with van der Waals surface area (Å²) in [6.45, 7) is 1.16. The monoisotopic (exact) mass is 355 g/mol. The van der Waals surface area contributed by atoms with Crippen LogP contribution in [-0.4, -0.2) is 36.3 Å². The molecule has 0 saturated heterocycles. The van der Waals surface area contributed by atoms with E-state index in [1.165, 1.54) is 12.1 Å². The van der Waals surface area contributed by atoms with Crippen molar-refractivity contribution < 1.29 is 18.4 Å². The number of nitrogens with one attached hydrogen (secondary N) is 1. The molecule has 0 aliphatic heterocycles. The topological polar surface area (TPSA) is 77.2 Å². The van der Waals surface area contributed by atoms with Crippen LogP contribution in [0.2, 0.25) is 0 Å². The first-order valence-electron chi connectivity index (χ1n) is 8.14.